The summed E-state index contributed by atoms with van der Waals surface area (Å²) < 4.78 is 10.7. The van der Waals surface area contributed by atoms with Gasteiger partial charge in [0.25, 0.3) is 0 Å². The minimum absolute atomic E-state index is 0.0215. The zero-order valence-electron chi connectivity index (χ0n) is 11.3. The number of unbranched alkanes of at least 4 members (excludes halogenated alkanes) is 1. The largest absolute Gasteiger partial charge is 0.464 e. The number of methoxy groups -OCH3 is 1. The average molecular weight is 270 g/mol. The van der Waals surface area contributed by atoms with Gasteiger partial charge in [0.15, 0.2) is 11.9 Å². The maximum atomic E-state index is 11.7. The number of nitrogens with two attached hydrogens (primary N) is 1. The molecule has 1 rings (SSSR count). The van der Waals surface area contributed by atoms with Gasteiger partial charge in [-0.15, -0.1) is 5.10 Å². The highest BCUT2D eigenvalue weighted by Crippen LogP contribution is 2.16. The third-order valence-corrected chi connectivity index (χ3v) is 2.56. The van der Waals surface area contributed by atoms with E-state index in [2.05, 4.69) is 15.0 Å². The number of esters is 2. The Morgan fingerprint density at radius 3 is 2.74 bits per heavy atom. The van der Waals surface area contributed by atoms with E-state index in [0.717, 1.165) is 17.5 Å². The van der Waals surface area contributed by atoms with Crippen molar-refractivity contribution in [3.05, 3.63) is 5.69 Å². The number of aromatic nitrogens is 3. The van der Waals surface area contributed by atoms with Gasteiger partial charge in [-0.25, -0.2) is 14.3 Å². The molecule has 0 bridgehead atoms. The molecule has 0 aliphatic carbocycles. The number of anilines is 1. The van der Waals surface area contributed by atoms with Gasteiger partial charge in [-0.2, -0.15) is 0 Å². The molecule has 8 heteroatoms. The van der Waals surface area contributed by atoms with Gasteiger partial charge in [0.05, 0.1) is 13.7 Å². The van der Waals surface area contributed by atoms with Gasteiger partial charge in [0, 0.05) is 0 Å². The maximum Gasteiger partial charge on any atom is 0.362 e. The van der Waals surface area contributed by atoms with Gasteiger partial charge in [0.2, 0.25) is 5.69 Å². The summed E-state index contributed by atoms with van der Waals surface area (Å²) >= 11 is 0. The van der Waals surface area contributed by atoms with E-state index in [1.54, 1.807) is 6.92 Å². The lowest BCUT2D eigenvalue weighted by Gasteiger charge is -2.12. The molecule has 0 amide bonds. The molecule has 19 heavy (non-hydrogen) atoms. The second kappa shape index (κ2) is 6.72. The molecule has 1 unspecified atom stereocenters. The fourth-order valence-electron chi connectivity index (χ4n) is 1.37. The number of carbonyl (C=O) groups is 2. The highest BCUT2D eigenvalue weighted by atomic mass is 16.5. The minimum Gasteiger partial charge on any atom is -0.464 e. The molecular formula is C11H18N4O4. The Bertz CT molecular complexity index is 458. The first-order chi connectivity index (χ1) is 9.02. The highest BCUT2D eigenvalue weighted by Gasteiger charge is 2.25. The Balaban J connectivity index is 2.77. The molecule has 0 fully saturated rings. The molecule has 0 saturated heterocycles. The molecule has 1 aromatic rings. The molecule has 2 N–H and O–H groups in total. The van der Waals surface area contributed by atoms with Gasteiger partial charge < -0.3 is 15.2 Å². The average Bonchev–Trinajstić information content (AvgIpc) is 2.79. The van der Waals surface area contributed by atoms with Crippen LogP contribution in [0.15, 0.2) is 0 Å². The second-order valence-electron chi connectivity index (χ2n) is 3.96. The summed E-state index contributed by atoms with van der Waals surface area (Å²) in [6, 6.07) is -0.747. The van der Waals surface area contributed by atoms with Crippen molar-refractivity contribution < 1.29 is 19.1 Å². The second-order valence-corrected chi connectivity index (χ2v) is 3.96. The van der Waals surface area contributed by atoms with Crippen molar-refractivity contribution in [1.82, 2.24) is 15.0 Å². The molecule has 0 aliphatic heterocycles. The van der Waals surface area contributed by atoms with Crippen LogP contribution in [0.3, 0.4) is 0 Å². The monoisotopic (exact) mass is 270 g/mol. The summed E-state index contributed by atoms with van der Waals surface area (Å²) in [5.41, 5.74) is 5.59. The first-order valence-electron chi connectivity index (χ1n) is 5.98. The summed E-state index contributed by atoms with van der Waals surface area (Å²) in [4.78, 5) is 23.1. The number of rotatable bonds is 6. The molecule has 0 radical (unpaired) electrons. The van der Waals surface area contributed by atoms with Crippen molar-refractivity contribution in [2.75, 3.05) is 19.5 Å². The molecule has 0 saturated carbocycles. The fourth-order valence-corrected chi connectivity index (χ4v) is 1.37. The van der Waals surface area contributed by atoms with E-state index in [4.69, 9.17) is 10.5 Å². The van der Waals surface area contributed by atoms with Crippen molar-refractivity contribution in [2.45, 2.75) is 32.7 Å². The Morgan fingerprint density at radius 2 is 2.16 bits per heavy atom. The zero-order chi connectivity index (χ0) is 14.4. The van der Waals surface area contributed by atoms with Gasteiger partial charge in [-0.3, -0.25) is 0 Å². The molecule has 1 heterocycles. The minimum atomic E-state index is -0.747. The molecule has 106 valence electrons. The summed E-state index contributed by atoms with van der Waals surface area (Å²) in [7, 11) is 1.21. The van der Waals surface area contributed by atoms with Crippen LogP contribution in [0, 0.1) is 0 Å². The van der Waals surface area contributed by atoms with Gasteiger partial charge in [-0.05, 0) is 13.3 Å². The molecule has 1 atom stereocenters. The van der Waals surface area contributed by atoms with Crippen molar-refractivity contribution in [1.29, 1.82) is 0 Å². The van der Waals surface area contributed by atoms with Crippen LogP contribution < -0.4 is 5.73 Å². The Labute approximate surface area is 110 Å². The predicted molar refractivity (Wildman–Crippen MR) is 66.4 cm³/mol. The van der Waals surface area contributed by atoms with Crippen LogP contribution in [-0.2, 0) is 14.3 Å². The van der Waals surface area contributed by atoms with E-state index in [1.165, 1.54) is 7.11 Å². The summed E-state index contributed by atoms with van der Waals surface area (Å²) in [6.07, 6.45) is 1.72. The van der Waals surface area contributed by atoms with Crippen molar-refractivity contribution in [3.63, 3.8) is 0 Å². The smallest absolute Gasteiger partial charge is 0.362 e. The number of hydrogen-bond acceptors (Lipinski definition) is 7. The maximum absolute atomic E-state index is 11.7. The fraction of sp³-hybridized carbons (Fsp3) is 0.636. The summed E-state index contributed by atoms with van der Waals surface area (Å²) in [5, 5.41) is 7.27. The van der Waals surface area contributed by atoms with Crippen LogP contribution in [0.5, 0.6) is 0 Å². The normalized spacial score (nSPS) is 11.9. The van der Waals surface area contributed by atoms with E-state index < -0.39 is 18.0 Å². The van der Waals surface area contributed by atoms with E-state index in [1.807, 2.05) is 6.92 Å². The van der Waals surface area contributed by atoms with Gasteiger partial charge in [0.1, 0.15) is 0 Å². The van der Waals surface area contributed by atoms with Crippen LogP contribution in [0.1, 0.15) is 43.2 Å². The molecular weight excluding hydrogens is 252 g/mol. The van der Waals surface area contributed by atoms with Crippen molar-refractivity contribution in [3.8, 4) is 0 Å². The van der Waals surface area contributed by atoms with E-state index >= 15 is 0 Å². The lowest BCUT2D eigenvalue weighted by Crippen LogP contribution is -2.22. The summed E-state index contributed by atoms with van der Waals surface area (Å²) in [5.74, 6) is -1.19. The van der Waals surface area contributed by atoms with E-state index in [9.17, 15) is 9.59 Å². The molecule has 0 spiro atoms. The SMILES string of the molecule is CCCCOC(=O)C(C)n1nnc(C(=O)OC)c1N. The van der Waals surface area contributed by atoms with E-state index in [0.29, 0.717) is 6.61 Å². The van der Waals surface area contributed by atoms with Crippen LogP contribution in [-0.4, -0.2) is 40.6 Å². The van der Waals surface area contributed by atoms with Crippen LogP contribution >= 0.6 is 0 Å². The lowest BCUT2D eigenvalue weighted by atomic mass is 10.3. The first kappa shape index (κ1) is 14.9. The molecule has 8 nitrogen and oxygen atoms in total. The van der Waals surface area contributed by atoms with Crippen molar-refractivity contribution >= 4 is 17.8 Å². The van der Waals surface area contributed by atoms with Crippen molar-refractivity contribution in [2.24, 2.45) is 0 Å². The Kier molecular flexibility index (Phi) is 5.28. The number of nitrogen functional groups attached to an aromatic ring is 1. The highest BCUT2D eigenvalue weighted by molar-refractivity contribution is 5.92. The Morgan fingerprint density at radius 1 is 1.47 bits per heavy atom. The van der Waals surface area contributed by atoms with Gasteiger partial charge in [-0.1, -0.05) is 18.6 Å². The molecule has 0 aromatic carbocycles. The van der Waals surface area contributed by atoms with Crippen LogP contribution in [0.4, 0.5) is 5.82 Å². The molecule has 0 aliphatic rings. The molecule has 1 aromatic heterocycles. The third-order valence-electron chi connectivity index (χ3n) is 2.56. The topological polar surface area (TPSA) is 109 Å². The van der Waals surface area contributed by atoms with Gasteiger partial charge >= 0.3 is 11.9 Å². The third kappa shape index (κ3) is 3.43. The zero-order valence-corrected chi connectivity index (χ0v) is 11.3. The number of hydrogen-bond donors (Lipinski definition) is 1. The predicted octanol–water partition coefficient (Wildman–Crippen LogP) is 0.551. The number of ether oxygens (including phenoxy) is 2. The first-order valence-corrected chi connectivity index (χ1v) is 5.98. The number of carbonyl (C=O) groups excluding carboxylic acids is 2. The Hall–Kier alpha value is -2.12. The standard InChI is InChI=1S/C11H18N4O4/c1-4-5-6-19-10(16)7(2)15-9(12)8(13-14-15)11(17)18-3/h7H,4-6,12H2,1-3H3. The van der Waals surface area contributed by atoms with Crippen LogP contribution in [0.2, 0.25) is 0 Å². The number of nitrogens with zero attached hydrogens (tertiary/aromatic N) is 3. The quantitative estimate of drug-likeness (QED) is 0.593. The van der Waals surface area contributed by atoms with E-state index in [-0.39, 0.29) is 11.5 Å². The summed E-state index contributed by atoms with van der Waals surface area (Å²) in [6.45, 7) is 3.91. The van der Waals surface area contributed by atoms with Crippen LogP contribution in [0.25, 0.3) is 0 Å². The lowest BCUT2D eigenvalue weighted by molar-refractivity contribution is -0.147.